The lowest BCUT2D eigenvalue weighted by atomic mass is 9.92. The van der Waals surface area contributed by atoms with Gasteiger partial charge in [0.15, 0.2) is 0 Å². The lowest BCUT2D eigenvalue weighted by molar-refractivity contribution is -0.0387. The van der Waals surface area contributed by atoms with E-state index < -0.39 is 0 Å². The predicted molar refractivity (Wildman–Crippen MR) is 64.3 cm³/mol. The molecule has 2 unspecified atom stereocenters. The number of aryl methyl sites for hydroxylation is 1. The summed E-state index contributed by atoms with van der Waals surface area (Å²) in [4.78, 5) is 0. The van der Waals surface area contributed by atoms with E-state index in [1.54, 1.807) is 0 Å². The summed E-state index contributed by atoms with van der Waals surface area (Å²) >= 11 is 0. The summed E-state index contributed by atoms with van der Waals surface area (Å²) in [6.45, 7) is 1.45. The zero-order valence-corrected chi connectivity index (χ0v) is 9.64. The molecule has 0 aromatic heterocycles. The van der Waals surface area contributed by atoms with Crippen LogP contribution in [0.5, 0.6) is 0 Å². The van der Waals surface area contributed by atoms with Gasteiger partial charge in [0.25, 0.3) is 0 Å². The third kappa shape index (κ3) is 3.32. The Labute approximate surface area is 97.3 Å². The largest absolute Gasteiger partial charge is 0.393 e. The smallest absolute Gasteiger partial charge is 0.0612 e. The first-order valence-electron chi connectivity index (χ1n) is 6.16. The molecule has 0 spiro atoms. The van der Waals surface area contributed by atoms with Gasteiger partial charge in [-0.05, 0) is 31.2 Å². The minimum Gasteiger partial charge on any atom is -0.393 e. The molecule has 1 aromatic carbocycles. The fourth-order valence-corrected chi connectivity index (χ4v) is 2.27. The molecule has 0 amide bonds. The zero-order chi connectivity index (χ0) is 11.2. The Morgan fingerprint density at radius 2 is 2.06 bits per heavy atom. The standard InChI is InChI=1S/C14H20O2/c15-14-9-10-16-11-13(14)8-4-7-12-5-2-1-3-6-12/h1-3,5-6,13-15H,4,7-11H2. The molecule has 0 aliphatic carbocycles. The van der Waals surface area contributed by atoms with E-state index in [0.717, 1.165) is 38.9 Å². The maximum atomic E-state index is 9.79. The summed E-state index contributed by atoms with van der Waals surface area (Å²) in [5, 5.41) is 9.79. The van der Waals surface area contributed by atoms with Crippen LogP contribution in [0.25, 0.3) is 0 Å². The Morgan fingerprint density at radius 1 is 1.25 bits per heavy atom. The van der Waals surface area contributed by atoms with Gasteiger partial charge >= 0.3 is 0 Å². The first-order chi connectivity index (χ1) is 7.86. The molecule has 1 aliphatic rings. The number of hydrogen-bond donors (Lipinski definition) is 1. The SMILES string of the molecule is OC1CCOCC1CCCc1ccccc1. The second kappa shape index (κ2) is 6.02. The van der Waals surface area contributed by atoms with E-state index in [1.807, 2.05) is 6.07 Å². The molecule has 2 nitrogen and oxygen atoms in total. The van der Waals surface area contributed by atoms with Crippen LogP contribution in [0.3, 0.4) is 0 Å². The fraction of sp³-hybridized carbons (Fsp3) is 0.571. The molecule has 0 bridgehead atoms. The minimum atomic E-state index is -0.149. The van der Waals surface area contributed by atoms with Crippen LogP contribution in [0.15, 0.2) is 30.3 Å². The zero-order valence-electron chi connectivity index (χ0n) is 9.64. The second-order valence-electron chi connectivity index (χ2n) is 4.57. The lowest BCUT2D eigenvalue weighted by Gasteiger charge is -2.27. The summed E-state index contributed by atoms with van der Waals surface area (Å²) < 4.78 is 5.40. The number of ether oxygens (including phenoxy) is 1. The van der Waals surface area contributed by atoms with Crippen molar-refractivity contribution >= 4 is 0 Å². The highest BCUT2D eigenvalue weighted by Crippen LogP contribution is 2.20. The quantitative estimate of drug-likeness (QED) is 0.844. The van der Waals surface area contributed by atoms with Crippen LogP contribution in [0, 0.1) is 5.92 Å². The molecular formula is C14H20O2. The number of hydrogen-bond acceptors (Lipinski definition) is 2. The van der Waals surface area contributed by atoms with Crippen LogP contribution in [0.1, 0.15) is 24.8 Å². The Kier molecular flexibility index (Phi) is 4.37. The molecule has 1 aliphatic heterocycles. The molecular weight excluding hydrogens is 200 g/mol. The average molecular weight is 220 g/mol. The fourth-order valence-electron chi connectivity index (χ4n) is 2.27. The summed E-state index contributed by atoms with van der Waals surface area (Å²) in [5.74, 6) is 0.345. The van der Waals surface area contributed by atoms with Gasteiger partial charge in [-0.1, -0.05) is 30.3 Å². The van der Waals surface area contributed by atoms with E-state index in [4.69, 9.17) is 4.74 Å². The lowest BCUT2D eigenvalue weighted by Crippen LogP contribution is -2.31. The molecule has 2 atom stereocenters. The highest BCUT2D eigenvalue weighted by atomic mass is 16.5. The maximum absolute atomic E-state index is 9.79. The minimum absolute atomic E-state index is 0.149. The maximum Gasteiger partial charge on any atom is 0.0612 e. The first kappa shape index (κ1) is 11.6. The predicted octanol–water partition coefficient (Wildman–Crippen LogP) is 2.41. The molecule has 88 valence electrons. The number of aliphatic hydroxyl groups excluding tert-OH is 1. The Bertz CT molecular complexity index is 297. The second-order valence-corrected chi connectivity index (χ2v) is 4.57. The van der Waals surface area contributed by atoms with E-state index in [9.17, 15) is 5.11 Å². The summed E-state index contributed by atoms with van der Waals surface area (Å²) in [7, 11) is 0. The van der Waals surface area contributed by atoms with Crippen molar-refractivity contribution in [1.82, 2.24) is 0 Å². The van der Waals surface area contributed by atoms with Crippen LogP contribution < -0.4 is 0 Å². The third-order valence-corrected chi connectivity index (χ3v) is 3.32. The topological polar surface area (TPSA) is 29.5 Å². The molecule has 0 radical (unpaired) electrons. The summed E-state index contributed by atoms with van der Waals surface area (Å²) in [5.41, 5.74) is 1.38. The Hall–Kier alpha value is -0.860. The van der Waals surface area contributed by atoms with Gasteiger partial charge in [-0.15, -0.1) is 0 Å². The van der Waals surface area contributed by atoms with Gasteiger partial charge < -0.3 is 9.84 Å². The van der Waals surface area contributed by atoms with E-state index in [1.165, 1.54) is 5.56 Å². The molecule has 1 heterocycles. The van der Waals surface area contributed by atoms with Gasteiger partial charge in [-0.25, -0.2) is 0 Å². The van der Waals surface area contributed by atoms with Gasteiger partial charge in [0, 0.05) is 12.5 Å². The Balaban J connectivity index is 1.71. The molecule has 0 saturated carbocycles. The molecule has 1 fully saturated rings. The first-order valence-corrected chi connectivity index (χ1v) is 6.16. The van der Waals surface area contributed by atoms with E-state index in [2.05, 4.69) is 24.3 Å². The van der Waals surface area contributed by atoms with E-state index in [-0.39, 0.29) is 6.10 Å². The highest BCUT2D eigenvalue weighted by Gasteiger charge is 2.22. The van der Waals surface area contributed by atoms with Crippen molar-refractivity contribution < 1.29 is 9.84 Å². The number of benzene rings is 1. The van der Waals surface area contributed by atoms with Crippen molar-refractivity contribution in [3.05, 3.63) is 35.9 Å². The average Bonchev–Trinajstić information content (AvgIpc) is 2.33. The van der Waals surface area contributed by atoms with Crippen molar-refractivity contribution in [2.75, 3.05) is 13.2 Å². The van der Waals surface area contributed by atoms with Gasteiger partial charge in [0.1, 0.15) is 0 Å². The van der Waals surface area contributed by atoms with Gasteiger partial charge in [-0.2, -0.15) is 0 Å². The number of rotatable bonds is 4. The molecule has 2 rings (SSSR count). The number of aliphatic hydroxyl groups is 1. The van der Waals surface area contributed by atoms with Crippen LogP contribution in [-0.2, 0) is 11.2 Å². The summed E-state index contributed by atoms with van der Waals surface area (Å²) in [6.07, 6.45) is 3.95. The van der Waals surface area contributed by atoms with Crippen LogP contribution in [0.2, 0.25) is 0 Å². The third-order valence-electron chi connectivity index (χ3n) is 3.32. The van der Waals surface area contributed by atoms with Crippen molar-refractivity contribution in [2.24, 2.45) is 5.92 Å². The highest BCUT2D eigenvalue weighted by molar-refractivity contribution is 5.14. The van der Waals surface area contributed by atoms with Crippen LogP contribution in [0.4, 0.5) is 0 Å². The van der Waals surface area contributed by atoms with Crippen molar-refractivity contribution in [3.8, 4) is 0 Å². The van der Waals surface area contributed by atoms with E-state index >= 15 is 0 Å². The monoisotopic (exact) mass is 220 g/mol. The van der Waals surface area contributed by atoms with Crippen molar-refractivity contribution in [2.45, 2.75) is 31.8 Å². The van der Waals surface area contributed by atoms with Gasteiger partial charge in [0.05, 0.1) is 12.7 Å². The van der Waals surface area contributed by atoms with Crippen molar-refractivity contribution in [3.63, 3.8) is 0 Å². The van der Waals surface area contributed by atoms with Gasteiger partial charge in [0.2, 0.25) is 0 Å². The molecule has 16 heavy (non-hydrogen) atoms. The molecule has 1 saturated heterocycles. The molecule has 1 N–H and O–H groups in total. The van der Waals surface area contributed by atoms with Crippen LogP contribution >= 0.6 is 0 Å². The summed E-state index contributed by atoms with van der Waals surface area (Å²) in [6, 6.07) is 10.5. The van der Waals surface area contributed by atoms with E-state index in [0.29, 0.717) is 5.92 Å². The van der Waals surface area contributed by atoms with Crippen LogP contribution in [-0.4, -0.2) is 24.4 Å². The van der Waals surface area contributed by atoms with Crippen molar-refractivity contribution in [1.29, 1.82) is 0 Å². The molecule has 1 aromatic rings. The van der Waals surface area contributed by atoms with Gasteiger partial charge in [-0.3, -0.25) is 0 Å². The normalized spacial score (nSPS) is 25.6. The molecule has 2 heteroatoms. The Morgan fingerprint density at radius 3 is 2.81 bits per heavy atom.